The van der Waals surface area contributed by atoms with Gasteiger partial charge in [-0.2, -0.15) is 0 Å². The second-order valence-electron chi connectivity index (χ2n) is 5.05. The fourth-order valence-corrected chi connectivity index (χ4v) is 2.80. The standard InChI is InChI=1S/C16H18ClN3O2/c1-21-19-14-5-6-16(18-10-14)20-7-8-22-11-15(20)12-3-2-4-13(17)9-12/h2-6,9-10,15,19H,7-8,11H2,1H3. The van der Waals surface area contributed by atoms with Crippen molar-refractivity contribution in [3.63, 3.8) is 0 Å². The van der Waals surface area contributed by atoms with Crippen LogP contribution >= 0.6 is 11.6 Å². The van der Waals surface area contributed by atoms with Crippen LogP contribution in [0.2, 0.25) is 5.02 Å². The van der Waals surface area contributed by atoms with E-state index >= 15 is 0 Å². The van der Waals surface area contributed by atoms with Crippen molar-refractivity contribution >= 4 is 23.1 Å². The minimum atomic E-state index is 0.112. The molecule has 2 aromatic rings. The Morgan fingerprint density at radius 1 is 1.36 bits per heavy atom. The van der Waals surface area contributed by atoms with Gasteiger partial charge in [-0.25, -0.2) is 4.98 Å². The first-order valence-corrected chi connectivity index (χ1v) is 7.50. The summed E-state index contributed by atoms with van der Waals surface area (Å²) in [4.78, 5) is 11.6. The molecule has 0 amide bonds. The largest absolute Gasteiger partial charge is 0.377 e. The number of nitrogens with zero attached hydrogens (tertiary/aromatic N) is 2. The minimum absolute atomic E-state index is 0.112. The van der Waals surface area contributed by atoms with Gasteiger partial charge in [-0.05, 0) is 29.8 Å². The molecule has 1 aliphatic rings. The number of morpholine rings is 1. The lowest BCUT2D eigenvalue weighted by Gasteiger charge is -2.37. The van der Waals surface area contributed by atoms with E-state index in [1.54, 1.807) is 13.3 Å². The van der Waals surface area contributed by atoms with Gasteiger partial charge in [0.05, 0.1) is 38.2 Å². The first-order chi connectivity index (χ1) is 10.8. The first-order valence-electron chi connectivity index (χ1n) is 7.13. The highest BCUT2D eigenvalue weighted by Crippen LogP contribution is 2.30. The van der Waals surface area contributed by atoms with Gasteiger partial charge >= 0.3 is 0 Å². The maximum absolute atomic E-state index is 6.12. The van der Waals surface area contributed by atoms with Crippen LogP contribution in [0.1, 0.15) is 11.6 Å². The van der Waals surface area contributed by atoms with E-state index in [-0.39, 0.29) is 6.04 Å². The predicted octanol–water partition coefficient (Wildman–Crippen LogP) is 3.29. The molecule has 2 heterocycles. The van der Waals surface area contributed by atoms with Gasteiger partial charge in [0.1, 0.15) is 5.82 Å². The van der Waals surface area contributed by atoms with Gasteiger partial charge in [0.2, 0.25) is 0 Å². The molecule has 1 saturated heterocycles. The molecule has 0 spiro atoms. The van der Waals surface area contributed by atoms with E-state index in [0.717, 1.165) is 28.6 Å². The van der Waals surface area contributed by atoms with E-state index in [1.807, 2.05) is 30.3 Å². The molecule has 6 heteroatoms. The number of hydrogen-bond acceptors (Lipinski definition) is 5. The van der Waals surface area contributed by atoms with Crippen molar-refractivity contribution in [3.8, 4) is 0 Å². The number of pyridine rings is 1. The fraction of sp³-hybridized carbons (Fsp3) is 0.312. The number of aromatic nitrogens is 1. The van der Waals surface area contributed by atoms with Crippen molar-refractivity contribution in [2.24, 2.45) is 0 Å². The summed E-state index contributed by atoms with van der Waals surface area (Å²) >= 11 is 6.12. The highest BCUT2D eigenvalue weighted by molar-refractivity contribution is 6.30. The number of ether oxygens (including phenoxy) is 1. The Kier molecular flexibility index (Phi) is 4.77. The van der Waals surface area contributed by atoms with Crippen LogP contribution in [0, 0.1) is 0 Å². The predicted molar refractivity (Wildman–Crippen MR) is 87.2 cm³/mol. The third kappa shape index (κ3) is 3.32. The Bertz CT molecular complexity index is 621. The monoisotopic (exact) mass is 319 g/mol. The first kappa shape index (κ1) is 15.1. The Hall–Kier alpha value is -1.82. The lowest BCUT2D eigenvalue weighted by molar-refractivity contribution is 0.0937. The summed E-state index contributed by atoms with van der Waals surface area (Å²) in [6.07, 6.45) is 1.75. The van der Waals surface area contributed by atoms with E-state index < -0.39 is 0 Å². The molecule has 1 unspecified atom stereocenters. The fourth-order valence-electron chi connectivity index (χ4n) is 2.60. The summed E-state index contributed by atoms with van der Waals surface area (Å²) in [5, 5.41) is 0.732. The highest BCUT2D eigenvalue weighted by Gasteiger charge is 2.25. The molecule has 0 radical (unpaired) electrons. The van der Waals surface area contributed by atoms with Gasteiger partial charge in [0.15, 0.2) is 0 Å². The molecule has 1 atom stereocenters. The van der Waals surface area contributed by atoms with Crippen molar-refractivity contribution in [2.75, 3.05) is 37.2 Å². The molecule has 1 aromatic heterocycles. The maximum Gasteiger partial charge on any atom is 0.129 e. The second kappa shape index (κ2) is 6.96. The van der Waals surface area contributed by atoms with Crippen molar-refractivity contribution in [1.82, 2.24) is 4.98 Å². The summed E-state index contributed by atoms with van der Waals surface area (Å²) in [5.74, 6) is 0.912. The lowest BCUT2D eigenvalue weighted by atomic mass is 10.0. The van der Waals surface area contributed by atoms with Crippen molar-refractivity contribution in [2.45, 2.75) is 6.04 Å². The zero-order valence-corrected chi connectivity index (χ0v) is 13.1. The highest BCUT2D eigenvalue weighted by atomic mass is 35.5. The minimum Gasteiger partial charge on any atom is -0.377 e. The van der Waals surface area contributed by atoms with Crippen molar-refractivity contribution in [3.05, 3.63) is 53.2 Å². The van der Waals surface area contributed by atoms with Crippen LogP contribution in [0.4, 0.5) is 11.5 Å². The normalized spacial score (nSPS) is 18.3. The number of rotatable bonds is 4. The van der Waals surface area contributed by atoms with Gasteiger partial charge in [0, 0.05) is 11.6 Å². The maximum atomic E-state index is 6.12. The van der Waals surface area contributed by atoms with Gasteiger partial charge < -0.3 is 9.64 Å². The molecular weight excluding hydrogens is 302 g/mol. The van der Waals surface area contributed by atoms with Gasteiger partial charge in [-0.15, -0.1) is 0 Å². The molecule has 5 nitrogen and oxygen atoms in total. The number of hydrogen-bond donors (Lipinski definition) is 1. The lowest BCUT2D eigenvalue weighted by Crippen LogP contribution is -2.40. The number of nitrogens with one attached hydrogen (secondary N) is 1. The SMILES string of the molecule is CONc1ccc(N2CCOCC2c2cccc(Cl)c2)nc1. The third-order valence-corrected chi connectivity index (χ3v) is 3.86. The van der Waals surface area contributed by atoms with E-state index in [2.05, 4.69) is 21.4 Å². The van der Waals surface area contributed by atoms with E-state index in [1.165, 1.54) is 0 Å². The number of anilines is 2. The molecule has 0 bridgehead atoms. The third-order valence-electron chi connectivity index (χ3n) is 3.62. The average molecular weight is 320 g/mol. The van der Waals surface area contributed by atoms with Crippen LogP contribution < -0.4 is 10.4 Å². The zero-order valence-electron chi connectivity index (χ0n) is 12.3. The van der Waals surface area contributed by atoms with E-state index in [0.29, 0.717) is 13.2 Å². The Morgan fingerprint density at radius 2 is 2.27 bits per heavy atom. The zero-order chi connectivity index (χ0) is 15.4. The van der Waals surface area contributed by atoms with Crippen LogP contribution in [0.5, 0.6) is 0 Å². The second-order valence-corrected chi connectivity index (χ2v) is 5.49. The van der Waals surface area contributed by atoms with Crippen LogP contribution in [-0.4, -0.2) is 31.9 Å². The van der Waals surface area contributed by atoms with Crippen LogP contribution in [0.25, 0.3) is 0 Å². The molecule has 1 fully saturated rings. The number of benzene rings is 1. The van der Waals surface area contributed by atoms with Crippen LogP contribution in [0.15, 0.2) is 42.6 Å². The molecular formula is C16H18ClN3O2. The molecule has 116 valence electrons. The van der Waals surface area contributed by atoms with Crippen molar-refractivity contribution < 1.29 is 9.57 Å². The summed E-state index contributed by atoms with van der Waals surface area (Å²) in [6, 6.07) is 11.9. The van der Waals surface area contributed by atoms with Gasteiger partial charge in [-0.1, -0.05) is 23.7 Å². The summed E-state index contributed by atoms with van der Waals surface area (Å²) in [5.41, 5.74) is 4.72. The van der Waals surface area contributed by atoms with Crippen molar-refractivity contribution in [1.29, 1.82) is 0 Å². The molecule has 3 rings (SSSR count). The number of halogens is 1. The molecule has 1 N–H and O–H groups in total. The molecule has 1 aliphatic heterocycles. The van der Waals surface area contributed by atoms with E-state index in [4.69, 9.17) is 21.2 Å². The Labute approximate surface area is 134 Å². The molecule has 1 aromatic carbocycles. The summed E-state index contributed by atoms with van der Waals surface area (Å²) < 4.78 is 5.65. The van der Waals surface area contributed by atoms with Crippen LogP contribution in [-0.2, 0) is 9.57 Å². The van der Waals surface area contributed by atoms with Gasteiger partial charge in [0.25, 0.3) is 0 Å². The quantitative estimate of drug-likeness (QED) is 0.876. The average Bonchev–Trinajstić information content (AvgIpc) is 2.56. The van der Waals surface area contributed by atoms with E-state index in [9.17, 15) is 0 Å². The Morgan fingerprint density at radius 3 is 3.00 bits per heavy atom. The Balaban J connectivity index is 1.86. The molecule has 22 heavy (non-hydrogen) atoms. The van der Waals surface area contributed by atoms with Crippen LogP contribution in [0.3, 0.4) is 0 Å². The summed E-state index contributed by atoms with van der Waals surface area (Å²) in [7, 11) is 1.57. The topological polar surface area (TPSA) is 46.6 Å². The smallest absolute Gasteiger partial charge is 0.129 e. The summed E-state index contributed by atoms with van der Waals surface area (Å²) in [6.45, 7) is 2.11. The van der Waals surface area contributed by atoms with Gasteiger partial charge in [-0.3, -0.25) is 10.3 Å². The molecule has 0 saturated carbocycles. The molecule has 0 aliphatic carbocycles.